The number of anilines is 1. The minimum absolute atomic E-state index is 0.790. The van der Waals surface area contributed by atoms with Gasteiger partial charge in [-0.15, -0.1) is 22.7 Å². The molecular formula is C16H15N3S2. The van der Waals surface area contributed by atoms with Gasteiger partial charge in [0.15, 0.2) is 4.96 Å². The third kappa shape index (κ3) is 2.22. The molecule has 0 saturated carbocycles. The molecule has 21 heavy (non-hydrogen) atoms. The first-order valence-electron chi connectivity index (χ1n) is 6.86. The Morgan fingerprint density at radius 3 is 3.05 bits per heavy atom. The number of imidazole rings is 1. The summed E-state index contributed by atoms with van der Waals surface area (Å²) < 4.78 is 3.53. The Kier molecular flexibility index (Phi) is 2.97. The number of nitrogens with one attached hydrogen (secondary N) is 1. The lowest BCUT2D eigenvalue weighted by atomic mass is 10.2. The molecule has 0 aliphatic carbocycles. The van der Waals surface area contributed by atoms with Gasteiger partial charge >= 0.3 is 0 Å². The highest BCUT2D eigenvalue weighted by Gasteiger charge is 2.10. The Labute approximate surface area is 130 Å². The second kappa shape index (κ2) is 4.86. The van der Waals surface area contributed by atoms with Gasteiger partial charge in [-0.2, -0.15) is 0 Å². The minimum atomic E-state index is 0.790. The van der Waals surface area contributed by atoms with Crippen molar-refractivity contribution in [3.63, 3.8) is 0 Å². The quantitative estimate of drug-likeness (QED) is 0.586. The van der Waals surface area contributed by atoms with Gasteiger partial charge in [-0.1, -0.05) is 0 Å². The van der Waals surface area contributed by atoms with E-state index >= 15 is 0 Å². The lowest BCUT2D eigenvalue weighted by molar-refractivity contribution is 0.992. The second-order valence-electron chi connectivity index (χ2n) is 5.17. The normalized spacial score (nSPS) is 11.5. The lowest BCUT2D eigenvalue weighted by Crippen LogP contribution is -2.03. The van der Waals surface area contributed by atoms with Gasteiger partial charge in [-0.25, -0.2) is 4.98 Å². The zero-order valence-corrected chi connectivity index (χ0v) is 13.5. The van der Waals surface area contributed by atoms with Crippen LogP contribution in [0.15, 0.2) is 35.8 Å². The number of fused-ring (bicyclic) bond motifs is 2. The highest BCUT2D eigenvalue weighted by atomic mass is 32.1. The summed E-state index contributed by atoms with van der Waals surface area (Å²) in [6, 6.07) is 8.69. The van der Waals surface area contributed by atoms with Gasteiger partial charge < -0.3 is 5.32 Å². The molecule has 3 nitrogen and oxygen atoms in total. The first kappa shape index (κ1) is 12.9. The summed E-state index contributed by atoms with van der Waals surface area (Å²) in [7, 11) is 0. The molecular weight excluding hydrogens is 298 g/mol. The van der Waals surface area contributed by atoms with Crippen molar-refractivity contribution >= 4 is 43.4 Å². The third-order valence-corrected chi connectivity index (χ3v) is 5.45. The summed E-state index contributed by atoms with van der Waals surface area (Å²) in [6.07, 6.45) is 2.17. The highest BCUT2D eigenvalue weighted by Crippen LogP contribution is 2.25. The van der Waals surface area contributed by atoms with Crippen LogP contribution in [0.25, 0.3) is 15.0 Å². The molecule has 0 unspecified atom stereocenters. The van der Waals surface area contributed by atoms with E-state index in [4.69, 9.17) is 0 Å². The van der Waals surface area contributed by atoms with E-state index in [1.165, 1.54) is 20.7 Å². The van der Waals surface area contributed by atoms with Crippen molar-refractivity contribution in [3.8, 4) is 0 Å². The van der Waals surface area contributed by atoms with E-state index in [-0.39, 0.29) is 0 Å². The molecule has 0 fully saturated rings. The molecule has 3 aromatic heterocycles. The minimum Gasteiger partial charge on any atom is -0.379 e. The fourth-order valence-electron chi connectivity index (χ4n) is 2.58. The first-order valence-corrected chi connectivity index (χ1v) is 8.55. The summed E-state index contributed by atoms with van der Waals surface area (Å²) >= 11 is 3.52. The maximum absolute atomic E-state index is 4.63. The average Bonchev–Trinajstić information content (AvgIpc) is 3.11. The van der Waals surface area contributed by atoms with Crippen LogP contribution in [0.5, 0.6) is 0 Å². The largest absolute Gasteiger partial charge is 0.379 e. The summed E-state index contributed by atoms with van der Waals surface area (Å²) in [6.45, 7) is 4.99. The van der Waals surface area contributed by atoms with Crippen LogP contribution in [0.2, 0.25) is 0 Å². The molecule has 0 atom stereocenters. The van der Waals surface area contributed by atoms with E-state index < -0.39 is 0 Å². The highest BCUT2D eigenvalue weighted by molar-refractivity contribution is 7.17. The van der Waals surface area contributed by atoms with Crippen molar-refractivity contribution in [2.24, 2.45) is 0 Å². The van der Waals surface area contributed by atoms with Gasteiger partial charge in [0.2, 0.25) is 0 Å². The van der Waals surface area contributed by atoms with Crippen LogP contribution in [0.4, 0.5) is 5.69 Å². The van der Waals surface area contributed by atoms with Gasteiger partial charge in [0.25, 0.3) is 0 Å². The zero-order valence-electron chi connectivity index (χ0n) is 11.9. The van der Waals surface area contributed by atoms with Crippen molar-refractivity contribution in [1.82, 2.24) is 9.38 Å². The Balaban J connectivity index is 1.63. The van der Waals surface area contributed by atoms with Crippen LogP contribution in [-0.2, 0) is 6.54 Å². The number of thiazole rings is 1. The molecule has 106 valence electrons. The number of aromatic nitrogens is 2. The molecule has 0 bridgehead atoms. The van der Waals surface area contributed by atoms with Gasteiger partial charge in [0.1, 0.15) is 0 Å². The van der Waals surface area contributed by atoms with Crippen molar-refractivity contribution < 1.29 is 0 Å². The summed E-state index contributed by atoms with van der Waals surface area (Å²) in [4.78, 5) is 7.00. The molecule has 1 N–H and O–H groups in total. The monoisotopic (exact) mass is 313 g/mol. The van der Waals surface area contributed by atoms with Gasteiger partial charge in [-0.3, -0.25) is 4.40 Å². The summed E-state index contributed by atoms with van der Waals surface area (Å²) in [5, 5.41) is 6.95. The number of hydrogen-bond donors (Lipinski definition) is 1. The van der Waals surface area contributed by atoms with Crippen LogP contribution in [0.3, 0.4) is 0 Å². The number of benzene rings is 1. The molecule has 4 aromatic rings. The predicted molar refractivity (Wildman–Crippen MR) is 91.7 cm³/mol. The summed E-state index contributed by atoms with van der Waals surface area (Å²) in [5.41, 5.74) is 3.49. The molecule has 3 heterocycles. The molecule has 0 aliphatic rings. The number of rotatable bonds is 3. The van der Waals surface area contributed by atoms with Crippen molar-refractivity contribution in [1.29, 1.82) is 0 Å². The topological polar surface area (TPSA) is 29.3 Å². The first-order chi connectivity index (χ1) is 10.2. The van der Waals surface area contributed by atoms with E-state index in [9.17, 15) is 0 Å². The SMILES string of the molecule is Cc1cn2c(CNc3ccc4sccc4c3)c(C)nc2s1. The Bertz CT molecular complexity index is 930. The van der Waals surface area contributed by atoms with Gasteiger partial charge in [0.05, 0.1) is 17.9 Å². The Morgan fingerprint density at radius 2 is 2.14 bits per heavy atom. The molecule has 5 heteroatoms. The third-order valence-electron chi connectivity index (χ3n) is 3.65. The van der Waals surface area contributed by atoms with Crippen molar-refractivity contribution in [2.45, 2.75) is 20.4 Å². The molecule has 0 radical (unpaired) electrons. The van der Waals surface area contributed by atoms with E-state index in [1.807, 2.05) is 0 Å². The number of thiophene rings is 1. The van der Waals surface area contributed by atoms with Gasteiger partial charge in [-0.05, 0) is 48.9 Å². The maximum Gasteiger partial charge on any atom is 0.194 e. The van der Waals surface area contributed by atoms with Crippen LogP contribution in [0.1, 0.15) is 16.3 Å². The molecule has 0 spiro atoms. The Morgan fingerprint density at radius 1 is 1.24 bits per heavy atom. The van der Waals surface area contributed by atoms with E-state index in [0.29, 0.717) is 0 Å². The van der Waals surface area contributed by atoms with E-state index in [1.54, 1.807) is 22.7 Å². The van der Waals surface area contributed by atoms with Crippen molar-refractivity contribution in [3.05, 3.63) is 52.1 Å². The van der Waals surface area contributed by atoms with Crippen LogP contribution >= 0.6 is 22.7 Å². The molecule has 1 aromatic carbocycles. The molecule has 4 rings (SSSR count). The number of aryl methyl sites for hydroxylation is 2. The Hall–Kier alpha value is -1.85. The molecule has 0 saturated heterocycles. The molecule has 0 aliphatic heterocycles. The standard InChI is InChI=1S/C16H15N3S2/c1-10-9-19-14(11(2)18-16(19)21-10)8-17-13-3-4-15-12(7-13)5-6-20-15/h3-7,9,17H,8H2,1-2H3. The maximum atomic E-state index is 4.63. The zero-order chi connectivity index (χ0) is 14.4. The molecule has 0 amide bonds. The second-order valence-corrected chi connectivity index (χ2v) is 7.33. The van der Waals surface area contributed by atoms with Crippen LogP contribution < -0.4 is 5.32 Å². The predicted octanol–water partition coefficient (Wildman–Crippen LogP) is 4.84. The fraction of sp³-hybridized carbons (Fsp3) is 0.188. The van der Waals surface area contributed by atoms with Crippen LogP contribution in [-0.4, -0.2) is 9.38 Å². The number of nitrogens with zero attached hydrogens (tertiary/aromatic N) is 2. The number of hydrogen-bond acceptors (Lipinski definition) is 4. The van der Waals surface area contributed by atoms with Crippen molar-refractivity contribution in [2.75, 3.05) is 5.32 Å². The van der Waals surface area contributed by atoms with Gasteiger partial charge in [0, 0.05) is 21.5 Å². The van der Waals surface area contributed by atoms with Crippen LogP contribution in [0, 0.1) is 13.8 Å². The lowest BCUT2D eigenvalue weighted by Gasteiger charge is -2.07. The average molecular weight is 313 g/mol. The smallest absolute Gasteiger partial charge is 0.194 e. The van der Waals surface area contributed by atoms with E-state index in [0.717, 1.165) is 22.9 Å². The van der Waals surface area contributed by atoms with E-state index in [2.05, 4.69) is 64.4 Å². The summed E-state index contributed by atoms with van der Waals surface area (Å²) in [5.74, 6) is 0. The fourth-order valence-corrected chi connectivity index (χ4v) is 4.25.